The van der Waals surface area contributed by atoms with Crippen LogP contribution in [0.2, 0.25) is 0 Å². The molecule has 1 amide bonds. The topological polar surface area (TPSA) is 40.5 Å². The van der Waals surface area contributed by atoms with Gasteiger partial charge in [-0.05, 0) is 39.0 Å². The maximum absolute atomic E-state index is 12.7. The molecule has 2 aliphatic rings. The van der Waals surface area contributed by atoms with Crippen LogP contribution in [-0.2, 0) is 4.79 Å². The molecule has 1 saturated carbocycles. The number of hydrogen-bond acceptors (Lipinski definition) is 2. The van der Waals surface area contributed by atoms with Crippen LogP contribution < -0.4 is 0 Å². The smallest absolute Gasteiger partial charge is 0.225 e. The summed E-state index contributed by atoms with van der Waals surface area (Å²) in [5.74, 6) is 0.649. The molecule has 19 heavy (non-hydrogen) atoms. The SMILES string of the molecule is CC(O)CC1CCCCCN1C(=O)C1CCCCC1. The van der Waals surface area contributed by atoms with Gasteiger partial charge in [0.1, 0.15) is 0 Å². The molecular weight excluding hydrogens is 238 g/mol. The van der Waals surface area contributed by atoms with E-state index in [4.69, 9.17) is 0 Å². The van der Waals surface area contributed by atoms with Crippen molar-refractivity contribution in [2.24, 2.45) is 5.92 Å². The van der Waals surface area contributed by atoms with Gasteiger partial charge in [0.25, 0.3) is 0 Å². The van der Waals surface area contributed by atoms with Gasteiger partial charge in [0, 0.05) is 18.5 Å². The van der Waals surface area contributed by atoms with Crippen LogP contribution in [-0.4, -0.2) is 34.6 Å². The second kappa shape index (κ2) is 7.28. The first-order chi connectivity index (χ1) is 9.18. The zero-order valence-electron chi connectivity index (χ0n) is 12.3. The molecule has 1 aliphatic heterocycles. The lowest BCUT2D eigenvalue weighted by Crippen LogP contribution is -2.45. The Kier molecular flexibility index (Phi) is 5.68. The van der Waals surface area contributed by atoms with Gasteiger partial charge in [0.05, 0.1) is 6.10 Å². The molecule has 2 atom stereocenters. The summed E-state index contributed by atoms with van der Waals surface area (Å²) < 4.78 is 0. The lowest BCUT2D eigenvalue weighted by Gasteiger charge is -2.35. The van der Waals surface area contributed by atoms with Crippen LogP contribution in [0.5, 0.6) is 0 Å². The molecule has 2 rings (SSSR count). The molecule has 0 spiro atoms. The highest BCUT2D eigenvalue weighted by molar-refractivity contribution is 5.79. The number of nitrogens with zero attached hydrogens (tertiary/aromatic N) is 1. The van der Waals surface area contributed by atoms with Gasteiger partial charge in [0.2, 0.25) is 5.91 Å². The largest absolute Gasteiger partial charge is 0.393 e. The van der Waals surface area contributed by atoms with Gasteiger partial charge < -0.3 is 10.0 Å². The molecule has 1 aliphatic carbocycles. The maximum Gasteiger partial charge on any atom is 0.225 e. The summed E-state index contributed by atoms with van der Waals surface area (Å²) in [5.41, 5.74) is 0. The van der Waals surface area contributed by atoms with Crippen molar-refractivity contribution in [1.82, 2.24) is 4.90 Å². The van der Waals surface area contributed by atoms with Crippen molar-refractivity contribution in [1.29, 1.82) is 0 Å². The molecular formula is C16H29NO2. The average molecular weight is 267 g/mol. The number of amides is 1. The second-order valence-electron chi connectivity index (χ2n) is 6.45. The van der Waals surface area contributed by atoms with Crippen molar-refractivity contribution >= 4 is 5.91 Å². The van der Waals surface area contributed by atoms with E-state index in [0.29, 0.717) is 5.91 Å². The minimum atomic E-state index is -0.301. The number of carbonyl (C=O) groups is 1. The van der Waals surface area contributed by atoms with Crippen molar-refractivity contribution < 1.29 is 9.90 Å². The Morgan fingerprint density at radius 1 is 1.11 bits per heavy atom. The third-order valence-corrected chi connectivity index (χ3v) is 4.73. The Morgan fingerprint density at radius 2 is 1.74 bits per heavy atom. The fourth-order valence-corrected chi connectivity index (χ4v) is 3.69. The van der Waals surface area contributed by atoms with Gasteiger partial charge >= 0.3 is 0 Å². The first-order valence-electron chi connectivity index (χ1n) is 8.17. The molecule has 2 unspecified atom stereocenters. The van der Waals surface area contributed by atoms with Crippen molar-refractivity contribution in [2.75, 3.05) is 6.54 Å². The zero-order chi connectivity index (χ0) is 13.7. The molecule has 0 bridgehead atoms. The summed E-state index contributed by atoms with van der Waals surface area (Å²) in [5, 5.41) is 9.67. The summed E-state index contributed by atoms with van der Waals surface area (Å²) in [4.78, 5) is 14.9. The van der Waals surface area contributed by atoms with Crippen LogP contribution >= 0.6 is 0 Å². The molecule has 0 radical (unpaired) electrons. The van der Waals surface area contributed by atoms with E-state index in [9.17, 15) is 9.90 Å². The molecule has 0 aromatic carbocycles. The molecule has 0 aromatic rings. The third-order valence-electron chi connectivity index (χ3n) is 4.73. The van der Waals surface area contributed by atoms with Crippen LogP contribution in [0.1, 0.15) is 71.1 Å². The van der Waals surface area contributed by atoms with E-state index < -0.39 is 0 Å². The minimum Gasteiger partial charge on any atom is -0.393 e. The summed E-state index contributed by atoms with van der Waals surface area (Å²) >= 11 is 0. The molecule has 3 nitrogen and oxygen atoms in total. The van der Waals surface area contributed by atoms with Gasteiger partial charge in [-0.1, -0.05) is 32.1 Å². The Bertz CT molecular complexity index is 284. The van der Waals surface area contributed by atoms with E-state index in [1.54, 1.807) is 0 Å². The van der Waals surface area contributed by atoms with Crippen molar-refractivity contribution in [3.8, 4) is 0 Å². The molecule has 3 heteroatoms. The summed E-state index contributed by atoms with van der Waals surface area (Å²) in [6, 6.07) is 0.275. The van der Waals surface area contributed by atoms with E-state index in [-0.39, 0.29) is 18.1 Å². The van der Waals surface area contributed by atoms with E-state index in [2.05, 4.69) is 4.90 Å². The Labute approximate surface area is 117 Å². The van der Waals surface area contributed by atoms with Crippen LogP contribution in [0.25, 0.3) is 0 Å². The fraction of sp³-hybridized carbons (Fsp3) is 0.938. The van der Waals surface area contributed by atoms with Gasteiger partial charge in [-0.25, -0.2) is 0 Å². The predicted molar refractivity (Wildman–Crippen MR) is 76.8 cm³/mol. The lowest BCUT2D eigenvalue weighted by molar-refractivity contribution is -0.139. The van der Waals surface area contributed by atoms with E-state index in [0.717, 1.165) is 38.6 Å². The van der Waals surface area contributed by atoms with Gasteiger partial charge in [-0.3, -0.25) is 4.79 Å². The lowest BCUT2D eigenvalue weighted by atomic mass is 9.87. The van der Waals surface area contributed by atoms with Gasteiger partial charge in [0.15, 0.2) is 0 Å². The van der Waals surface area contributed by atoms with E-state index >= 15 is 0 Å². The van der Waals surface area contributed by atoms with Crippen LogP contribution in [0.15, 0.2) is 0 Å². The second-order valence-corrected chi connectivity index (χ2v) is 6.45. The van der Waals surface area contributed by atoms with E-state index in [1.165, 1.54) is 32.1 Å². The molecule has 0 aromatic heterocycles. The Morgan fingerprint density at radius 3 is 2.42 bits per heavy atom. The third kappa shape index (κ3) is 4.20. The Hall–Kier alpha value is -0.570. The number of aliphatic hydroxyl groups is 1. The fourth-order valence-electron chi connectivity index (χ4n) is 3.69. The summed E-state index contributed by atoms with van der Waals surface area (Å²) in [6.07, 6.45) is 11.0. The summed E-state index contributed by atoms with van der Waals surface area (Å²) in [7, 11) is 0. The highest BCUT2D eigenvalue weighted by Gasteiger charge is 2.31. The van der Waals surface area contributed by atoms with Crippen LogP contribution in [0.4, 0.5) is 0 Å². The van der Waals surface area contributed by atoms with Gasteiger partial charge in [-0.2, -0.15) is 0 Å². The van der Waals surface area contributed by atoms with Crippen molar-refractivity contribution in [3.05, 3.63) is 0 Å². The maximum atomic E-state index is 12.7. The number of likely N-dealkylation sites (tertiary alicyclic amines) is 1. The number of aliphatic hydroxyl groups excluding tert-OH is 1. The van der Waals surface area contributed by atoms with Crippen LogP contribution in [0.3, 0.4) is 0 Å². The molecule has 1 saturated heterocycles. The number of carbonyl (C=O) groups excluding carboxylic acids is 1. The number of rotatable bonds is 3. The monoisotopic (exact) mass is 267 g/mol. The molecule has 110 valence electrons. The van der Waals surface area contributed by atoms with E-state index in [1.807, 2.05) is 6.92 Å². The zero-order valence-corrected chi connectivity index (χ0v) is 12.3. The van der Waals surface area contributed by atoms with Crippen molar-refractivity contribution in [2.45, 2.75) is 83.3 Å². The standard InChI is InChI=1S/C16H29NO2/c1-13(18)12-15-10-6-3-7-11-17(15)16(19)14-8-4-2-5-9-14/h13-15,18H,2-12H2,1H3. The molecule has 1 N–H and O–H groups in total. The normalized spacial score (nSPS) is 27.9. The highest BCUT2D eigenvalue weighted by atomic mass is 16.3. The summed E-state index contributed by atoms with van der Waals surface area (Å²) in [6.45, 7) is 2.75. The highest BCUT2D eigenvalue weighted by Crippen LogP contribution is 2.29. The van der Waals surface area contributed by atoms with Gasteiger partial charge in [-0.15, -0.1) is 0 Å². The van der Waals surface area contributed by atoms with Crippen LogP contribution in [0, 0.1) is 5.92 Å². The quantitative estimate of drug-likeness (QED) is 0.853. The first-order valence-corrected chi connectivity index (χ1v) is 8.17. The Balaban J connectivity index is 2.01. The number of hydrogen-bond donors (Lipinski definition) is 1. The first kappa shape index (κ1) is 14.8. The molecule has 1 heterocycles. The predicted octanol–water partition coefficient (Wildman–Crippen LogP) is 3.11. The molecule has 2 fully saturated rings. The minimum absolute atomic E-state index is 0.267. The van der Waals surface area contributed by atoms with Crippen molar-refractivity contribution in [3.63, 3.8) is 0 Å². The average Bonchev–Trinajstić information content (AvgIpc) is 2.64.